The Bertz CT molecular complexity index is 975. The summed E-state index contributed by atoms with van der Waals surface area (Å²) >= 11 is 0. The second-order valence-electron chi connectivity index (χ2n) is 6.50. The van der Waals surface area contributed by atoms with E-state index in [0.29, 0.717) is 18.7 Å². The molecule has 6 nitrogen and oxygen atoms in total. The minimum absolute atomic E-state index is 0.0662. The van der Waals surface area contributed by atoms with Crippen LogP contribution in [0, 0.1) is 0 Å². The summed E-state index contributed by atoms with van der Waals surface area (Å²) in [5, 5.41) is 5.07. The van der Waals surface area contributed by atoms with Gasteiger partial charge in [-0.15, -0.1) is 0 Å². The van der Waals surface area contributed by atoms with Gasteiger partial charge in [-0.05, 0) is 25.0 Å². The number of fused-ring (bicyclic) bond motifs is 1. The number of hydrogen-bond acceptors (Lipinski definition) is 3. The minimum Gasteiger partial charge on any atom is -0.334 e. The van der Waals surface area contributed by atoms with Gasteiger partial charge in [0, 0.05) is 37.4 Å². The van der Waals surface area contributed by atoms with Crippen molar-refractivity contribution < 1.29 is 4.79 Å². The van der Waals surface area contributed by atoms with Crippen molar-refractivity contribution in [1.82, 2.24) is 19.2 Å². The highest BCUT2D eigenvalue weighted by atomic mass is 16.2. The van der Waals surface area contributed by atoms with Crippen molar-refractivity contribution in [2.75, 3.05) is 6.54 Å². The number of hydrogen-bond donors (Lipinski definition) is 0. The van der Waals surface area contributed by atoms with Gasteiger partial charge in [-0.1, -0.05) is 18.2 Å². The zero-order valence-electron chi connectivity index (χ0n) is 14.1. The van der Waals surface area contributed by atoms with Crippen molar-refractivity contribution in [2.24, 2.45) is 7.05 Å². The molecule has 1 saturated heterocycles. The van der Waals surface area contributed by atoms with Crippen LogP contribution in [0.2, 0.25) is 0 Å². The first-order chi connectivity index (χ1) is 12.1. The summed E-state index contributed by atoms with van der Waals surface area (Å²) in [6, 6.07) is 11.0. The molecule has 1 aliphatic rings. The molecular weight excluding hydrogens is 316 g/mol. The maximum Gasteiger partial charge on any atom is 0.255 e. The Hall–Kier alpha value is -2.89. The predicted octanol–water partition coefficient (Wildman–Crippen LogP) is 2.04. The number of carbonyl (C=O) groups is 1. The minimum atomic E-state index is -0.162. The largest absolute Gasteiger partial charge is 0.334 e. The van der Waals surface area contributed by atoms with E-state index in [4.69, 9.17) is 0 Å². The van der Waals surface area contributed by atoms with Gasteiger partial charge in [-0.25, -0.2) is 0 Å². The lowest BCUT2D eigenvalue weighted by Gasteiger charge is -2.25. The molecule has 128 valence electrons. The Morgan fingerprint density at radius 1 is 1.28 bits per heavy atom. The Balaban J connectivity index is 1.72. The third-order valence-corrected chi connectivity index (χ3v) is 4.98. The monoisotopic (exact) mass is 336 g/mol. The Labute approximate surface area is 145 Å². The van der Waals surface area contributed by atoms with Crippen molar-refractivity contribution >= 4 is 16.8 Å². The molecule has 1 atom stereocenters. The van der Waals surface area contributed by atoms with E-state index in [1.54, 1.807) is 17.8 Å². The smallest absolute Gasteiger partial charge is 0.255 e. The second kappa shape index (κ2) is 6.20. The van der Waals surface area contributed by atoms with Gasteiger partial charge in [0.15, 0.2) is 0 Å². The summed E-state index contributed by atoms with van der Waals surface area (Å²) in [7, 11) is 1.73. The molecule has 0 bridgehead atoms. The number of nitrogens with zero attached hydrogens (tertiary/aromatic N) is 4. The third kappa shape index (κ3) is 2.73. The van der Waals surface area contributed by atoms with Gasteiger partial charge in [-0.2, -0.15) is 5.10 Å². The first-order valence-electron chi connectivity index (χ1n) is 8.52. The molecular formula is C19H20N4O2. The zero-order valence-corrected chi connectivity index (χ0v) is 14.1. The van der Waals surface area contributed by atoms with Gasteiger partial charge < -0.3 is 9.47 Å². The van der Waals surface area contributed by atoms with E-state index in [0.717, 1.165) is 23.7 Å². The van der Waals surface area contributed by atoms with Gasteiger partial charge in [-0.3, -0.25) is 14.3 Å². The van der Waals surface area contributed by atoms with Crippen LogP contribution in [0.15, 0.2) is 53.6 Å². The van der Waals surface area contributed by atoms with Gasteiger partial charge in [0.1, 0.15) is 0 Å². The SMILES string of the molecule is Cn1c(=O)cc(C(=O)N2CCCC2Cn2cccn2)c2ccccc21. The average Bonchev–Trinajstić information content (AvgIpc) is 3.30. The summed E-state index contributed by atoms with van der Waals surface area (Å²) in [6.45, 7) is 1.40. The highest BCUT2D eigenvalue weighted by molar-refractivity contribution is 6.06. The molecule has 0 aliphatic carbocycles. The first kappa shape index (κ1) is 15.6. The van der Waals surface area contributed by atoms with Gasteiger partial charge in [0.05, 0.1) is 23.7 Å². The van der Waals surface area contributed by atoms with Gasteiger partial charge in [0.25, 0.3) is 11.5 Å². The number of para-hydroxylation sites is 1. The fraction of sp³-hybridized carbons (Fsp3) is 0.316. The van der Waals surface area contributed by atoms with E-state index in [1.165, 1.54) is 6.07 Å². The third-order valence-electron chi connectivity index (χ3n) is 4.98. The highest BCUT2D eigenvalue weighted by Gasteiger charge is 2.31. The molecule has 25 heavy (non-hydrogen) atoms. The Morgan fingerprint density at radius 3 is 2.92 bits per heavy atom. The predicted molar refractivity (Wildman–Crippen MR) is 95.5 cm³/mol. The molecule has 0 saturated carbocycles. The van der Waals surface area contributed by atoms with Crippen LogP contribution in [0.1, 0.15) is 23.2 Å². The fourth-order valence-corrected chi connectivity index (χ4v) is 3.66. The quantitative estimate of drug-likeness (QED) is 0.735. The number of rotatable bonds is 3. The van der Waals surface area contributed by atoms with Gasteiger partial charge >= 0.3 is 0 Å². The molecule has 1 unspecified atom stereocenters. The van der Waals surface area contributed by atoms with Gasteiger partial charge in [0.2, 0.25) is 0 Å². The number of carbonyl (C=O) groups excluding carboxylic acids is 1. The number of aryl methyl sites for hydroxylation is 1. The Kier molecular flexibility index (Phi) is 3.87. The maximum absolute atomic E-state index is 13.2. The second-order valence-corrected chi connectivity index (χ2v) is 6.50. The van der Waals surface area contributed by atoms with E-state index < -0.39 is 0 Å². The zero-order chi connectivity index (χ0) is 17.4. The van der Waals surface area contributed by atoms with Crippen LogP contribution in [-0.4, -0.2) is 37.7 Å². The molecule has 6 heteroatoms. The molecule has 3 heterocycles. The lowest BCUT2D eigenvalue weighted by Crippen LogP contribution is -2.39. The lowest BCUT2D eigenvalue weighted by atomic mass is 10.1. The summed E-state index contributed by atoms with van der Waals surface area (Å²) < 4.78 is 3.44. The van der Waals surface area contributed by atoms with Crippen LogP contribution in [0.25, 0.3) is 10.9 Å². The number of likely N-dealkylation sites (tertiary alicyclic amines) is 1. The standard InChI is InChI=1S/C19H20N4O2/c1-21-17-8-3-2-7-15(17)16(12-18(21)24)19(25)23-11-4-6-14(23)13-22-10-5-9-20-22/h2-3,5,7-10,12,14H,4,6,11,13H2,1H3. The number of aromatic nitrogens is 3. The van der Waals surface area contributed by atoms with Crippen molar-refractivity contribution in [3.05, 3.63) is 64.7 Å². The van der Waals surface area contributed by atoms with Crippen LogP contribution in [0.5, 0.6) is 0 Å². The normalized spacial score (nSPS) is 17.3. The number of benzene rings is 1. The van der Waals surface area contributed by atoms with Crippen molar-refractivity contribution in [2.45, 2.75) is 25.4 Å². The van der Waals surface area contributed by atoms with E-state index in [9.17, 15) is 9.59 Å². The lowest BCUT2D eigenvalue weighted by molar-refractivity contribution is 0.0723. The van der Waals surface area contributed by atoms with E-state index >= 15 is 0 Å². The van der Waals surface area contributed by atoms with E-state index in [-0.39, 0.29) is 17.5 Å². The maximum atomic E-state index is 13.2. The highest BCUT2D eigenvalue weighted by Crippen LogP contribution is 2.24. The molecule has 0 radical (unpaired) electrons. The summed E-state index contributed by atoms with van der Waals surface area (Å²) in [5.41, 5.74) is 1.11. The molecule has 2 aromatic heterocycles. The first-order valence-corrected chi connectivity index (χ1v) is 8.52. The van der Waals surface area contributed by atoms with Crippen molar-refractivity contribution in [1.29, 1.82) is 0 Å². The summed E-state index contributed by atoms with van der Waals surface area (Å²) in [5.74, 6) is -0.0662. The topological polar surface area (TPSA) is 60.1 Å². The average molecular weight is 336 g/mol. The summed E-state index contributed by atoms with van der Waals surface area (Å²) in [4.78, 5) is 27.4. The molecule has 1 aromatic carbocycles. The van der Waals surface area contributed by atoms with Crippen molar-refractivity contribution in [3.8, 4) is 0 Å². The molecule has 0 N–H and O–H groups in total. The Morgan fingerprint density at radius 2 is 2.12 bits per heavy atom. The number of amides is 1. The van der Waals surface area contributed by atoms with E-state index in [2.05, 4.69) is 5.10 Å². The van der Waals surface area contributed by atoms with Crippen LogP contribution < -0.4 is 5.56 Å². The molecule has 3 aromatic rings. The fourth-order valence-electron chi connectivity index (χ4n) is 3.66. The molecule has 1 aliphatic heterocycles. The summed E-state index contributed by atoms with van der Waals surface area (Å²) in [6.07, 6.45) is 5.58. The van der Waals surface area contributed by atoms with Crippen LogP contribution >= 0.6 is 0 Å². The molecule has 0 spiro atoms. The number of pyridine rings is 1. The van der Waals surface area contributed by atoms with Crippen LogP contribution in [0.3, 0.4) is 0 Å². The molecule has 1 amide bonds. The van der Waals surface area contributed by atoms with Crippen LogP contribution in [-0.2, 0) is 13.6 Å². The molecule has 4 rings (SSSR count). The molecule has 1 fully saturated rings. The van der Waals surface area contributed by atoms with E-state index in [1.807, 2.05) is 46.1 Å². The van der Waals surface area contributed by atoms with Crippen molar-refractivity contribution in [3.63, 3.8) is 0 Å². The van der Waals surface area contributed by atoms with Crippen LogP contribution in [0.4, 0.5) is 0 Å².